The van der Waals surface area contributed by atoms with Crippen LogP contribution < -0.4 is 5.56 Å². The fraction of sp³-hybridized carbons (Fsp3) is 0.208. The van der Waals surface area contributed by atoms with Gasteiger partial charge in [-0.05, 0) is 63.0 Å². The summed E-state index contributed by atoms with van der Waals surface area (Å²) in [5, 5.41) is 9.92. The number of benzene rings is 1. The van der Waals surface area contributed by atoms with Crippen LogP contribution >= 0.6 is 22.9 Å². The molecule has 0 amide bonds. The summed E-state index contributed by atoms with van der Waals surface area (Å²) >= 11 is 7.46. The Hall–Kier alpha value is -2.80. The van der Waals surface area contributed by atoms with Crippen LogP contribution in [0.3, 0.4) is 0 Å². The van der Waals surface area contributed by atoms with Gasteiger partial charge in [-0.25, -0.2) is 0 Å². The first-order valence-corrected chi connectivity index (χ1v) is 11.1. The zero-order valence-corrected chi connectivity index (χ0v) is 19.2. The smallest absolute Gasteiger partial charge is 0.273 e. The highest BCUT2D eigenvalue weighted by atomic mass is 35.5. The Labute approximate surface area is 190 Å². The van der Waals surface area contributed by atoms with Gasteiger partial charge in [0.15, 0.2) is 0 Å². The monoisotopic (exact) mass is 450 g/mol. The second kappa shape index (κ2) is 8.75. The van der Waals surface area contributed by atoms with Crippen molar-refractivity contribution < 1.29 is 0 Å². The first-order chi connectivity index (χ1) is 14.8. The lowest BCUT2D eigenvalue weighted by Crippen LogP contribution is -2.27. The van der Waals surface area contributed by atoms with E-state index in [9.17, 15) is 4.79 Å². The molecule has 1 aromatic carbocycles. The molecule has 0 unspecified atom stereocenters. The van der Waals surface area contributed by atoms with Gasteiger partial charge in [0.2, 0.25) is 0 Å². The van der Waals surface area contributed by atoms with Gasteiger partial charge in [-0.15, -0.1) is 11.3 Å². The fourth-order valence-electron chi connectivity index (χ4n) is 3.28. The molecule has 0 aliphatic carbocycles. The maximum atomic E-state index is 13.1. The predicted molar refractivity (Wildman–Crippen MR) is 130 cm³/mol. The van der Waals surface area contributed by atoms with Gasteiger partial charge in [0.1, 0.15) is 4.70 Å². The molecule has 0 aliphatic heterocycles. The maximum absolute atomic E-state index is 13.1. The van der Waals surface area contributed by atoms with E-state index in [0.717, 1.165) is 15.8 Å². The van der Waals surface area contributed by atoms with Crippen LogP contribution in [0.15, 0.2) is 65.7 Å². The molecule has 31 heavy (non-hydrogen) atoms. The summed E-state index contributed by atoms with van der Waals surface area (Å²) in [6, 6.07) is 15.5. The number of halogens is 1. The van der Waals surface area contributed by atoms with E-state index in [2.05, 4.69) is 16.8 Å². The average Bonchev–Trinajstić information content (AvgIpc) is 3.20. The normalized spacial score (nSPS) is 12.4. The van der Waals surface area contributed by atoms with Gasteiger partial charge in [0.25, 0.3) is 5.56 Å². The van der Waals surface area contributed by atoms with Crippen LogP contribution in [-0.4, -0.2) is 40.3 Å². The molecule has 3 heterocycles. The molecule has 0 fully saturated rings. The van der Waals surface area contributed by atoms with E-state index in [1.54, 1.807) is 17.0 Å². The number of nitrogens with one attached hydrogen (secondary N) is 1. The fourth-order valence-corrected chi connectivity index (χ4v) is 4.49. The van der Waals surface area contributed by atoms with Gasteiger partial charge in [-0.3, -0.25) is 14.3 Å². The van der Waals surface area contributed by atoms with Gasteiger partial charge in [-0.2, -0.15) is 0 Å². The van der Waals surface area contributed by atoms with Crippen LogP contribution in [0.25, 0.3) is 26.2 Å². The van der Waals surface area contributed by atoms with Crippen molar-refractivity contribution in [3.8, 4) is 16.1 Å². The Morgan fingerprint density at radius 3 is 2.58 bits per heavy atom. The molecule has 0 saturated heterocycles. The van der Waals surface area contributed by atoms with Crippen molar-refractivity contribution in [3.63, 3.8) is 0 Å². The quantitative estimate of drug-likeness (QED) is 0.396. The number of rotatable bonds is 6. The largest absolute Gasteiger partial charge is 0.306 e. The van der Waals surface area contributed by atoms with Gasteiger partial charge in [0, 0.05) is 33.9 Å². The van der Waals surface area contributed by atoms with Crippen molar-refractivity contribution in [3.05, 3.63) is 82.0 Å². The Bertz CT molecular complexity index is 1290. The molecule has 3 aromatic heterocycles. The van der Waals surface area contributed by atoms with Crippen LogP contribution in [0.2, 0.25) is 5.02 Å². The van der Waals surface area contributed by atoms with E-state index in [-0.39, 0.29) is 11.6 Å². The van der Waals surface area contributed by atoms with Crippen LogP contribution in [0.5, 0.6) is 0 Å². The van der Waals surface area contributed by atoms with E-state index in [0.29, 0.717) is 33.2 Å². The van der Waals surface area contributed by atoms with E-state index in [1.807, 2.05) is 62.6 Å². The predicted octanol–water partition coefficient (Wildman–Crippen LogP) is 5.48. The van der Waals surface area contributed by atoms with Gasteiger partial charge in [0.05, 0.1) is 23.3 Å². The summed E-state index contributed by atoms with van der Waals surface area (Å²) in [6.07, 6.45) is 4.05. The Kier molecular flexibility index (Phi) is 6.05. The van der Waals surface area contributed by atoms with E-state index < -0.39 is 0 Å². The standard InChI is InChI=1S/C24H23ClN4OS/c1-15(28(2)3)12-20(26)21-9-8-19(14-27-21)29-11-10-17-13-22(31-23(17)24(29)30)16-4-6-18(25)7-5-16/h4-11,13-15,26H,12H2,1-3H3/t15-/m0/s1. The zero-order valence-electron chi connectivity index (χ0n) is 17.6. The van der Waals surface area contributed by atoms with Crippen LogP contribution in [-0.2, 0) is 0 Å². The molecule has 7 heteroatoms. The minimum absolute atomic E-state index is 0.0754. The molecule has 5 nitrogen and oxygen atoms in total. The third-order valence-electron chi connectivity index (χ3n) is 5.42. The lowest BCUT2D eigenvalue weighted by Gasteiger charge is -2.19. The summed E-state index contributed by atoms with van der Waals surface area (Å²) in [6.45, 7) is 2.08. The topological polar surface area (TPSA) is 62.0 Å². The average molecular weight is 451 g/mol. The number of aromatic nitrogens is 2. The molecular weight excluding hydrogens is 428 g/mol. The van der Waals surface area contributed by atoms with Crippen molar-refractivity contribution in [2.24, 2.45) is 0 Å². The van der Waals surface area contributed by atoms with Crippen molar-refractivity contribution in [2.45, 2.75) is 19.4 Å². The van der Waals surface area contributed by atoms with Crippen molar-refractivity contribution in [2.75, 3.05) is 14.1 Å². The van der Waals surface area contributed by atoms with Gasteiger partial charge >= 0.3 is 0 Å². The zero-order chi connectivity index (χ0) is 22.1. The Morgan fingerprint density at radius 1 is 1.19 bits per heavy atom. The van der Waals surface area contributed by atoms with E-state index in [4.69, 9.17) is 17.0 Å². The van der Waals surface area contributed by atoms with Crippen molar-refractivity contribution in [1.29, 1.82) is 5.41 Å². The van der Waals surface area contributed by atoms with Gasteiger partial charge in [-0.1, -0.05) is 23.7 Å². The summed E-state index contributed by atoms with van der Waals surface area (Å²) in [5.41, 5.74) is 2.77. The first kappa shape index (κ1) is 21.4. The molecule has 4 aromatic rings. The highest BCUT2D eigenvalue weighted by molar-refractivity contribution is 7.22. The Morgan fingerprint density at radius 2 is 1.94 bits per heavy atom. The SMILES string of the molecule is C[C@@H](CC(=N)c1ccc(-n2ccc3cc(-c4ccc(Cl)cc4)sc3c2=O)cn1)N(C)C. The summed E-state index contributed by atoms with van der Waals surface area (Å²) in [5.74, 6) is 0. The molecule has 4 rings (SSSR count). The van der Waals surface area contributed by atoms with Crippen molar-refractivity contribution in [1.82, 2.24) is 14.5 Å². The van der Waals surface area contributed by atoms with Crippen LogP contribution in [0.1, 0.15) is 19.0 Å². The van der Waals surface area contributed by atoms with Crippen LogP contribution in [0.4, 0.5) is 0 Å². The molecule has 0 spiro atoms. The number of nitrogens with zero attached hydrogens (tertiary/aromatic N) is 3. The molecule has 1 N–H and O–H groups in total. The molecule has 0 saturated carbocycles. The number of hydrogen-bond acceptors (Lipinski definition) is 5. The number of pyridine rings is 2. The third kappa shape index (κ3) is 4.46. The highest BCUT2D eigenvalue weighted by Crippen LogP contribution is 2.32. The molecular formula is C24H23ClN4OS. The van der Waals surface area contributed by atoms with E-state index in [1.165, 1.54) is 11.3 Å². The summed E-state index contributed by atoms with van der Waals surface area (Å²) in [4.78, 5) is 20.7. The first-order valence-electron chi connectivity index (χ1n) is 9.95. The third-order valence-corrected chi connectivity index (χ3v) is 6.86. The minimum atomic E-state index is -0.0754. The second-order valence-electron chi connectivity index (χ2n) is 7.79. The minimum Gasteiger partial charge on any atom is -0.306 e. The number of thiophene rings is 1. The molecule has 0 aliphatic rings. The molecule has 0 radical (unpaired) electrons. The van der Waals surface area contributed by atoms with Gasteiger partial charge < -0.3 is 10.3 Å². The lowest BCUT2D eigenvalue weighted by atomic mass is 10.1. The molecule has 1 atom stereocenters. The van der Waals surface area contributed by atoms with Crippen LogP contribution in [0, 0.1) is 5.41 Å². The lowest BCUT2D eigenvalue weighted by molar-refractivity contribution is 0.321. The second-order valence-corrected chi connectivity index (χ2v) is 9.28. The highest BCUT2D eigenvalue weighted by Gasteiger charge is 2.13. The number of fused-ring (bicyclic) bond motifs is 1. The molecule has 158 valence electrons. The summed E-state index contributed by atoms with van der Waals surface area (Å²) < 4.78 is 2.30. The van der Waals surface area contributed by atoms with E-state index >= 15 is 0 Å². The van der Waals surface area contributed by atoms with Crippen molar-refractivity contribution >= 4 is 38.7 Å². The summed E-state index contributed by atoms with van der Waals surface area (Å²) in [7, 11) is 4.00. The molecule has 0 bridgehead atoms. The maximum Gasteiger partial charge on any atom is 0.273 e. The Balaban J connectivity index is 1.64. The number of hydrogen-bond donors (Lipinski definition) is 1.